The van der Waals surface area contributed by atoms with Gasteiger partial charge in [0.2, 0.25) is 0 Å². The van der Waals surface area contributed by atoms with Crippen molar-refractivity contribution >= 4 is 0 Å². The summed E-state index contributed by atoms with van der Waals surface area (Å²) >= 11 is 0. The number of hydrazine groups is 1. The summed E-state index contributed by atoms with van der Waals surface area (Å²) in [4.78, 5) is 0. The number of halogens is 2. The third kappa shape index (κ3) is 3.61. The number of allylic oxidation sites excluding steroid dienone is 1. The minimum Gasteiger partial charge on any atom is -0.271 e. The zero-order valence-electron chi connectivity index (χ0n) is 9.97. The first kappa shape index (κ1) is 13.8. The molecule has 0 aliphatic carbocycles. The van der Waals surface area contributed by atoms with Crippen LogP contribution in [0.1, 0.15) is 36.4 Å². The van der Waals surface area contributed by atoms with Gasteiger partial charge in [0.25, 0.3) is 0 Å². The van der Waals surface area contributed by atoms with E-state index >= 15 is 0 Å². The quantitative estimate of drug-likeness (QED) is 0.347. The zero-order valence-corrected chi connectivity index (χ0v) is 9.97. The van der Waals surface area contributed by atoms with E-state index in [9.17, 15) is 8.78 Å². The van der Waals surface area contributed by atoms with Crippen LogP contribution in [0, 0.1) is 18.6 Å². The number of unbranched alkanes of at least 4 members (excludes halogenated alkanes) is 1. The molecule has 0 saturated carbocycles. The first-order valence-corrected chi connectivity index (χ1v) is 5.62. The van der Waals surface area contributed by atoms with Crippen LogP contribution in [0.4, 0.5) is 8.78 Å². The molecule has 0 spiro atoms. The molecule has 17 heavy (non-hydrogen) atoms. The molecule has 0 amide bonds. The Morgan fingerprint density at radius 2 is 2.12 bits per heavy atom. The highest BCUT2D eigenvalue weighted by Gasteiger charge is 2.16. The fourth-order valence-electron chi connectivity index (χ4n) is 1.74. The Balaban J connectivity index is 2.87. The van der Waals surface area contributed by atoms with Crippen molar-refractivity contribution in [2.45, 2.75) is 32.2 Å². The minimum atomic E-state index is -0.561. The van der Waals surface area contributed by atoms with E-state index in [1.165, 1.54) is 6.07 Å². The highest BCUT2D eigenvalue weighted by Crippen LogP contribution is 2.24. The van der Waals surface area contributed by atoms with Crippen molar-refractivity contribution in [1.82, 2.24) is 5.43 Å². The summed E-state index contributed by atoms with van der Waals surface area (Å²) in [5.74, 6) is 4.31. The average molecular weight is 240 g/mol. The molecule has 0 saturated heterocycles. The second-order valence-electron chi connectivity index (χ2n) is 4.06. The van der Waals surface area contributed by atoms with Crippen LogP contribution in [0.15, 0.2) is 24.8 Å². The van der Waals surface area contributed by atoms with Gasteiger partial charge in [-0.3, -0.25) is 11.3 Å². The van der Waals surface area contributed by atoms with Crippen molar-refractivity contribution in [2.75, 3.05) is 0 Å². The summed E-state index contributed by atoms with van der Waals surface area (Å²) in [6, 6.07) is 2.11. The molecule has 0 fully saturated rings. The topological polar surface area (TPSA) is 38.0 Å². The Hall–Kier alpha value is -1.26. The van der Waals surface area contributed by atoms with Crippen LogP contribution >= 0.6 is 0 Å². The van der Waals surface area contributed by atoms with Crippen LogP contribution in [-0.4, -0.2) is 0 Å². The lowest BCUT2D eigenvalue weighted by Gasteiger charge is -2.17. The first-order valence-electron chi connectivity index (χ1n) is 5.62. The Morgan fingerprint density at radius 1 is 1.41 bits per heavy atom. The van der Waals surface area contributed by atoms with Gasteiger partial charge in [0.1, 0.15) is 11.6 Å². The number of aryl methyl sites for hydroxylation is 1. The van der Waals surface area contributed by atoms with Crippen molar-refractivity contribution in [1.29, 1.82) is 0 Å². The zero-order chi connectivity index (χ0) is 12.8. The highest BCUT2D eigenvalue weighted by molar-refractivity contribution is 5.28. The maximum Gasteiger partial charge on any atom is 0.130 e. The van der Waals surface area contributed by atoms with Gasteiger partial charge < -0.3 is 0 Å². The van der Waals surface area contributed by atoms with Gasteiger partial charge in [-0.1, -0.05) is 6.08 Å². The Labute approximate surface area is 100 Å². The van der Waals surface area contributed by atoms with Gasteiger partial charge in [0.15, 0.2) is 0 Å². The monoisotopic (exact) mass is 240 g/mol. The lowest BCUT2D eigenvalue weighted by atomic mass is 9.99. The van der Waals surface area contributed by atoms with Crippen molar-refractivity contribution < 1.29 is 8.78 Å². The molecule has 0 bridgehead atoms. The molecule has 4 heteroatoms. The molecule has 2 nitrogen and oxygen atoms in total. The standard InChI is InChI=1S/C13H18F2N2/c1-3-4-5-6-13(17-16)10-7-9(2)11(14)8-12(10)15/h3,7-8,13,17H,1,4-6,16H2,2H3. The molecular formula is C13H18F2N2. The van der Waals surface area contributed by atoms with Gasteiger partial charge in [-0.15, -0.1) is 6.58 Å². The first-order chi connectivity index (χ1) is 8.10. The molecule has 1 aromatic rings. The van der Waals surface area contributed by atoms with Gasteiger partial charge in [0, 0.05) is 17.7 Å². The van der Waals surface area contributed by atoms with E-state index in [4.69, 9.17) is 5.84 Å². The fraction of sp³-hybridized carbons (Fsp3) is 0.385. The molecule has 1 unspecified atom stereocenters. The van der Waals surface area contributed by atoms with Crippen LogP contribution in [0.5, 0.6) is 0 Å². The number of benzene rings is 1. The molecule has 0 aliphatic heterocycles. The highest BCUT2D eigenvalue weighted by atomic mass is 19.1. The van der Waals surface area contributed by atoms with E-state index in [1.54, 1.807) is 13.0 Å². The van der Waals surface area contributed by atoms with Crippen LogP contribution in [-0.2, 0) is 0 Å². The van der Waals surface area contributed by atoms with Crippen molar-refractivity contribution in [3.63, 3.8) is 0 Å². The minimum absolute atomic E-state index is 0.297. The molecule has 1 aromatic carbocycles. The Kier molecular flexibility index (Phi) is 5.25. The normalized spacial score (nSPS) is 12.5. The summed E-state index contributed by atoms with van der Waals surface area (Å²) in [7, 11) is 0. The Morgan fingerprint density at radius 3 is 2.71 bits per heavy atom. The number of hydrogen-bond acceptors (Lipinski definition) is 2. The second-order valence-corrected chi connectivity index (χ2v) is 4.06. The number of nitrogens with two attached hydrogens (primary N) is 1. The Bertz CT molecular complexity index is 391. The van der Waals surface area contributed by atoms with Gasteiger partial charge in [-0.2, -0.15) is 0 Å². The van der Waals surface area contributed by atoms with Crippen LogP contribution in [0.3, 0.4) is 0 Å². The number of nitrogens with one attached hydrogen (secondary N) is 1. The van der Waals surface area contributed by atoms with E-state index in [0.717, 1.165) is 18.9 Å². The summed E-state index contributed by atoms with van der Waals surface area (Å²) < 4.78 is 26.7. The summed E-state index contributed by atoms with van der Waals surface area (Å²) in [5.41, 5.74) is 3.40. The smallest absolute Gasteiger partial charge is 0.130 e. The summed E-state index contributed by atoms with van der Waals surface area (Å²) in [6.45, 7) is 5.23. The van der Waals surface area contributed by atoms with E-state index in [2.05, 4.69) is 12.0 Å². The van der Waals surface area contributed by atoms with Gasteiger partial charge >= 0.3 is 0 Å². The van der Waals surface area contributed by atoms with E-state index in [-0.39, 0.29) is 6.04 Å². The lowest BCUT2D eigenvalue weighted by molar-refractivity contribution is 0.469. The molecule has 1 atom stereocenters. The number of rotatable bonds is 6. The third-order valence-electron chi connectivity index (χ3n) is 2.76. The summed E-state index contributed by atoms with van der Waals surface area (Å²) in [6.07, 6.45) is 4.19. The van der Waals surface area contributed by atoms with Crippen molar-refractivity contribution in [2.24, 2.45) is 5.84 Å². The molecule has 1 rings (SSSR count). The van der Waals surface area contributed by atoms with E-state index < -0.39 is 11.6 Å². The van der Waals surface area contributed by atoms with Crippen LogP contribution in [0.25, 0.3) is 0 Å². The fourth-order valence-corrected chi connectivity index (χ4v) is 1.74. The predicted molar refractivity (Wildman–Crippen MR) is 65.2 cm³/mol. The van der Waals surface area contributed by atoms with Crippen LogP contribution < -0.4 is 11.3 Å². The third-order valence-corrected chi connectivity index (χ3v) is 2.76. The number of hydrogen-bond donors (Lipinski definition) is 2. The lowest BCUT2D eigenvalue weighted by Crippen LogP contribution is -2.28. The summed E-state index contributed by atoms with van der Waals surface area (Å²) in [5, 5.41) is 0. The van der Waals surface area contributed by atoms with Crippen molar-refractivity contribution in [3.05, 3.63) is 47.5 Å². The molecule has 0 aromatic heterocycles. The average Bonchev–Trinajstić information content (AvgIpc) is 2.30. The molecule has 0 radical (unpaired) electrons. The second kappa shape index (κ2) is 6.47. The molecular weight excluding hydrogens is 222 g/mol. The van der Waals surface area contributed by atoms with Crippen LogP contribution in [0.2, 0.25) is 0 Å². The van der Waals surface area contributed by atoms with Gasteiger partial charge in [0.05, 0.1) is 0 Å². The van der Waals surface area contributed by atoms with Crippen molar-refractivity contribution in [3.8, 4) is 0 Å². The molecule has 0 aliphatic rings. The molecule has 94 valence electrons. The van der Waals surface area contributed by atoms with Gasteiger partial charge in [-0.25, -0.2) is 8.78 Å². The largest absolute Gasteiger partial charge is 0.271 e. The maximum absolute atomic E-state index is 13.6. The van der Waals surface area contributed by atoms with E-state index in [1.807, 2.05) is 0 Å². The SMILES string of the molecule is C=CCCCC(NN)c1cc(C)c(F)cc1F. The van der Waals surface area contributed by atoms with Gasteiger partial charge in [-0.05, 0) is 37.8 Å². The molecule has 3 N–H and O–H groups in total. The molecule has 0 heterocycles. The predicted octanol–water partition coefficient (Wildman–Crippen LogP) is 3.13. The van der Waals surface area contributed by atoms with E-state index in [0.29, 0.717) is 17.5 Å². The maximum atomic E-state index is 13.6.